The zero-order chi connectivity index (χ0) is 25.8. The van der Waals surface area contributed by atoms with Crippen LogP contribution in [0.1, 0.15) is 25.5 Å². The van der Waals surface area contributed by atoms with E-state index in [-0.39, 0.29) is 0 Å². The van der Waals surface area contributed by atoms with Gasteiger partial charge in [0.2, 0.25) is 6.10 Å². The van der Waals surface area contributed by atoms with Crippen LogP contribution in [0.15, 0.2) is 66.7 Å². The molecule has 1 fully saturated rings. The average molecular weight is 491 g/mol. The van der Waals surface area contributed by atoms with E-state index in [1.54, 1.807) is 62.4 Å². The maximum Gasteiger partial charge on any atom is 0.457 e. The standard InChI is InChI=1S/C25H21F4NO5/c1-24(2)18(11-12-20(31)35-23(26)25(27,28)29)21(24)22(32)34-19(14-30)15-7-6-10-17(13-15)33-16-8-4-3-5-9-16/h3-13,18-19,21,23H,1-2H3. The Bertz CT molecular complexity index is 1140. The Morgan fingerprint density at radius 2 is 1.71 bits per heavy atom. The lowest BCUT2D eigenvalue weighted by atomic mass is 10.1. The molecule has 4 unspecified atom stereocenters. The number of esters is 2. The van der Waals surface area contributed by atoms with Crippen molar-refractivity contribution in [2.45, 2.75) is 32.5 Å². The molecule has 2 aromatic rings. The van der Waals surface area contributed by atoms with Crippen LogP contribution in [-0.2, 0) is 19.1 Å². The predicted octanol–water partition coefficient (Wildman–Crippen LogP) is 5.82. The molecule has 0 amide bonds. The summed E-state index contributed by atoms with van der Waals surface area (Å²) in [5, 5.41) is 9.56. The molecular formula is C25H21F4NO5. The van der Waals surface area contributed by atoms with Gasteiger partial charge in [-0.15, -0.1) is 0 Å². The number of ether oxygens (including phenoxy) is 3. The van der Waals surface area contributed by atoms with E-state index in [9.17, 15) is 32.4 Å². The Kier molecular flexibility index (Phi) is 7.48. The molecule has 1 aliphatic carbocycles. The molecule has 184 valence electrons. The molecule has 0 aliphatic heterocycles. The summed E-state index contributed by atoms with van der Waals surface area (Å²) < 4.78 is 64.1. The highest BCUT2D eigenvalue weighted by atomic mass is 19.4. The number of benzene rings is 2. The Balaban J connectivity index is 1.63. The van der Waals surface area contributed by atoms with Gasteiger partial charge in [0.25, 0.3) is 0 Å². The smallest absolute Gasteiger partial charge is 0.457 e. The second-order valence-corrected chi connectivity index (χ2v) is 8.41. The first-order valence-electron chi connectivity index (χ1n) is 10.5. The van der Waals surface area contributed by atoms with Crippen LogP contribution in [0, 0.1) is 28.6 Å². The van der Waals surface area contributed by atoms with E-state index in [4.69, 9.17) is 9.47 Å². The molecule has 6 nitrogen and oxygen atoms in total. The molecule has 0 bridgehead atoms. The van der Waals surface area contributed by atoms with Crippen molar-refractivity contribution in [1.82, 2.24) is 0 Å². The third-order valence-electron chi connectivity index (χ3n) is 5.57. The molecule has 0 spiro atoms. The Morgan fingerprint density at radius 1 is 1.06 bits per heavy atom. The number of rotatable bonds is 8. The van der Waals surface area contributed by atoms with Gasteiger partial charge in [0.15, 0.2) is 0 Å². The molecule has 0 saturated heterocycles. The quantitative estimate of drug-likeness (QED) is 0.263. The number of para-hydroxylation sites is 1. The van der Waals surface area contributed by atoms with Crippen molar-refractivity contribution >= 4 is 11.9 Å². The largest absolute Gasteiger partial charge is 0.457 e. The summed E-state index contributed by atoms with van der Waals surface area (Å²) in [6.07, 6.45) is -8.50. The number of nitriles is 1. The van der Waals surface area contributed by atoms with Gasteiger partial charge in [-0.25, -0.2) is 4.79 Å². The van der Waals surface area contributed by atoms with Crippen LogP contribution in [0.25, 0.3) is 0 Å². The topological polar surface area (TPSA) is 85.6 Å². The minimum atomic E-state index is -5.33. The minimum Gasteiger partial charge on any atom is -0.457 e. The van der Waals surface area contributed by atoms with Crippen LogP contribution in [-0.4, -0.2) is 24.5 Å². The van der Waals surface area contributed by atoms with Crippen molar-refractivity contribution in [3.05, 3.63) is 72.3 Å². The first kappa shape index (κ1) is 25.7. The molecule has 2 aromatic carbocycles. The van der Waals surface area contributed by atoms with E-state index < -0.39 is 47.8 Å². The van der Waals surface area contributed by atoms with Crippen molar-refractivity contribution in [2.24, 2.45) is 17.3 Å². The number of hydrogen-bond donors (Lipinski definition) is 0. The molecule has 10 heteroatoms. The van der Waals surface area contributed by atoms with Gasteiger partial charge in [-0.05, 0) is 35.6 Å². The third-order valence-corrected chi connectivity index (χ3v) is 5.57. The zero-order valence-corrected chi connectivity index (χ0v) is 18.7. The number of nitrogens with zero attached hydrogens (tertiary/aromatic N) is 1. The third kappa shape index (κ3) is 6.38. The summed E-state index contributed by atoms with van der Waals surface area (Å²) in [4.78, 5) is 24.2. The fraction of sp³-hybridized carbons (Fsp3) is 0.320. The molecule has 1 aliphatic rings. The highest BCUT2D eigenvalue weighted by Crippen LogP contribution is 2.59. The normalized spacial score (nSPS) is 20.4. The van der Waals surface area contributed by atoms with Crippen molar-refractivity contribution in [3.8, 4) is 17.6 Å². The van der Waals surface area contributed by atoms with Crippen LogP contribution in [0.4, 0.5) is 17.6 Å². The molecule has 3 rings (SSSR count). The average Bonchev–Trinajstić information content (AvgIpc) is 3.36. The van der Waals surface area contributed by atoms with E-state index in [1.165, 1.54) is 6.08 Å². The van der Waals surface area contributed by atoms with Gasteiger partial charge in [0.1, 0.15) is 17.6 Å². The van der Waals surface area contributed by atoms with E-state index >= 15 is 0 Å². The van der Waals surface area contributed by atoms with E-state index in [0.29, 0.717) is 23.1 Å². The summed E-state index contributed by atoms with van der Waals surface area (Å²) in [6.45, 7) is 3.37. The van der Waals surface area contributed by atoms with E-state index in [1.807, 2.05) is 12.1 Å². The fourth-order valence-electron chi connectivity index (χ4n) is 3.60. The molecule has 0 radical (unpaired) electrons. The maximum atomic E-state index is 12.8. The molecule has 4 atom stereocenters. The molecule has 0 aromatic heterocycles. The molecule has 1 saturated carbocycles. The van der Waals surface area contributed by atoms with Gasteiger partial charge in [0, 0.05) is 11.6 Å². The van der Waals surface area contributed by atoms with Crippen LogP contribution in [0.5, 0.6) is 11.5 Å². The van der Waals surface area contributed by atoms with Crippen LogP contribution >= 0.6 is 0 Å². The summed E-state index contributed by atoms with van der Waals surface area (Å²) >= 11 is 0. The summed E-state index contributed by atoms with van der Waals surface area (Å²) in [5.41, 5.74) is -0.324. The Morgan fingerprint density at radius 3 is 2.34 bits per heavy atom. The lowest BCUT2D eigenvalue weighted by molar-refractivity contribution is -0.256. The highest BCUT2D eigenvalue weighted by molar-refractivity contribution is 5.83. The SMILES string of the molecule is CC1(C)C(C=CC(=O)OC(F)C(F)(F)F)C1C(=O)OC(C#N)c1cccc(Oc2ccccc2)c1. The molecule has 35 heavy (non-hydrogen) atoms. The van der Waals surface area contributed by atoms with Gasteiger partial charge in [-0.3, -0.25) is 4.79 Å². The van der Waals surface area contributed by atoms with Crippen molar-refractivity contribution < 1.29 is 41.4 Å². The summed E-state index contributed by atoms with van der Waals surface area (Å²) in [5.74, 6) is -2.60. The van der Waals surface area contributed by atoms with Crippen LogP contribution in [0.2, 0.25) is 0 Å². The van der Waals surface area contributed by atoms with E-state index in [0.717, 1.165) is 0 Å². The van der Waals surface area contributed by atoms with Crippen molar-refractivity contribution in [1.29, 1.82) is 5.26 Å². The lowest BCUT2D eigenvalue weighted by Crippen LogP contribution is -2.29. The summed E-state index contributed by atoms with van der Waals surface area (Å²) in [6, 6.07) is 17.3. The first-order valence-corrected chi connectivity index (χ1v) is 10.5. The number of allylic oxidation sites excluding steroid dienone is 1. The predicted molar refractivity (Wildman–Crippen MR) is 114 cm³/mol. The summed E-state index contributed by atoms with van der Waals surface area (Å²) in [7, 11) is 0. The van der Waals surface area contributed by atoms with Crippen LogP contribution in [0.3, 0.4) is 0 Å². The molecule has 0 heterocycles. The van der Waals surface area contributed by atoms with Gasteiger partial charge < -0.3 is 14.2 Å². The second kappa shape index (κ2) is 10.2. The molecular weight excluding hydrogens is 470 g/mol. The van der Waals surface area contributed by atoms with Gasteiger partial charge in [-0.2, -0.15) is 22.8 Å². The van der Waals surface area contributed by atoms with Crippen LogP contribution < -0.4 is 4.74 Å². The second-order valence-electron chi connectivity index (χ2n) is 8.41. The fourth-order valence-corrected chi connectivity index (χ4v) is 3.60. The monoisotopic (exact) mass is 491 g/mol. The first-order chi connectivity index (χ1) is 16.4. The van der Waals surface area contributed by atoms with E-state index in [2.05, 4.69) is 4.74 Å². The lowest BCUT2D eigenvalue weighted by Gasteiger charge is -2.13. The number of hydrogen-bond acceptors (Lipinski definition) is 6. The number of carbonyl (C=O) groups excluding carboxylic acids is 2. The van der Waals surface area contributed by atoms with Gasteiger partial charge in [0.05, 0.1) is 5.92 Å². The van der Waals surface area contributed by atoms with Gasteiger partial charge >= 0.3 is 24.5 Å². The number of halogens is 4. The minimum absolute atomic E-state index is 0.379. The van der Waals surface area contributed by atoms with Gasteiger partial charge in [-0.1, -0.05) is 50.3 Å². The Hall–Kier alpha value is -3.87. The number of alkyl halides is 4. The number of carbonyl (C=O) groups is 2. The Labute approximate surface area is 198 Å². The zero-order valence-electron chi connectivity index (χ0n) is 18.7. The molecule has 0 N–H and O–H groups in total. The maximum absolute atomic E-state index is 12.8. The van der Waals surface area contributed by atoms with Crippen molar-refractivity contribution in [3.63, 3.8) is 0 Å². The van der Waals surface area contributed by atoms with Crippen molar-refractivity contribution in [2.75, 3.05) is 0 Å². The highest BCUT2D eigenvalue weighted by Gasteiger charge is 2.61.